The number of nitro benzene ring substituents is 1. The number of nitrogens with zero attached hydrogens (tertiary/aromatic N) is 2. The fourth-order valence-electron chi connectivity index (χ4n) is 2.32. The molecule has 1 N–H and O–H groups in total. The molecule has 1 aromatic carbocycles. The van der Waals surface area contributed by atoms with E-state index in [4.69, 9.17) is 0 Å². The lowest BCUT2D eigenvalue weighted by Gasteiger charge is -2.24. The Hall–Kier alpha value is -1.62. The van der Waals surface area contributed by atoms with Crippen LogP contribution in [0.1, 0.15) is 44.8 Å². The molecule has 5 nitrogen and oxygen atoms in total. The van der Waals surface area contributed by atoms with Gasteiger partial charge >= 0.3 is 0 Å². The molecule has 1 aliphatic carbocycles. The summed E-state index contributed by atoms with van der Waals surface area (Å²) in [4.78, 5) is 13.0. The Kier molecular flexibility index (Phi) is 4.04. The van der Waals surface area contributed by atoms with Crippen molar-refractivity contribution in [2.45, 2.75) is 45.3 Å². The topological polar surface area (TPSA) is 66.6 Å². The van der Waals surface area contributed by atoms with E-state index in [1.54, 1.807) is 19.1 Å². The Morgan fingerprint density at radius 2 is 2.21 bits per heavy atom. The predicted molar refractivity (Wildman–Crippen MR) is 74.4 cm³/mol. The van der Waals surface area contributed by atoms with Crippen LogP contribution in [0.5, 0.6) is 0 Å². The van der Waals surface area contributed by atoms with Gasteiger partial charge in [-0.3, -0.25) is 10.1 Å². The van der Waals surface area contributed by atoms with Crippen LogP contribution >= 0.6 is 0 Å². The Bertz CT molecular complexity index is 470. The van der Waals surface area contributed by atoms with Crippen molar-refractivity contribution in [1.29, 1.82) is 0 Å². The maximum absolute atomic E-state index is 11.2. The minimum atomic E-state index is -0.687. The predicted octanol–water partition coefficient (Wildman–Crippen LogP) is 3.03. The largest absolute Gasteiger partial charge is 0.389 e. The average molecular weight is 264 g/mol. The summed E-state index contributed by atoms with van der Waals surface area (Å²) in [7, 11) is 0. The van der Waals surface area contributed by atoms with Gasteiger partial charge in [-0.15, -0.1) is 0 Å². The lowest BCUT2D eigenvalue weighted by molar-refractivity contribution is -0.384. The number of hydrogen-bond acceptors (Lipinski definition) is 4. The monoisotopic (exact) mass is 264 g/mol. The van der Waals surface area contributed by atoms with Crippen molar-refractivity contribution in [3.05, 3.63) is 33.9 Å². The number of hydrogen-bond donors (Lipinski definition) is 1. The number of nitro groups is 1. The number of anilines is 1. The first-order valence-electron chi connectivity index (χ1n) is 6.77. The molecule has 1 fully saturated rings. The van der Waals surface area contributed by atoms with Crippen molar-refractivity contribution in [2.24, 2.45) is 0 Å². The summed E-state index contributed by atoms with van der Waals surface area (Å²) >= 11 is 0. The first-order valence-corrected chi connectivity index (χ1v) is 6.77. The summed E-state index contributed by atoms with van der Waals surface area (Å²) < 4.78 is 0. The van der Waals surface area contributed by atoms with Crippen LogP contribution in [-0.4, -0.2) is 22.6 Å². The summed E-state index contributed by atoms with van der Waals surface area (Å²) in [5.41, 5.74) is 1.36. The Balaban J connectivity index is 2.39. The van der Waals surface area contributed by atoms with Gasteiger partial charge in [0.2, 0.25) is 0 Å². The molecule has 1 atom stereocenters. The second kappa shape index (κ2) is 5.57. The second-order valence-corrected chi connectivity index (χ2v) is 5.11. The smallest absolute Gasteiger partial charge is 0.292 e. The lowest BCUT2D eigenvalue weighted by Crippen LogP contribution is -2.27. The van der Waals surface area contributed by atoms with Gasteiger partial charge < -0.3 is 10.0 Å². The lowest BCUT2D eigenvalue weighted by atomic mass is 10.1. The third-order valence-corrected chi connectivity index (χ3v) is 3.44. The first-order chi connectivity index (χ1) is 9.04. The third-order valence-electron chi connectivity index (χ3n) is 3.44. The van der Waals surface area contributed by atoms with Crippen molar-refractivity contribution >= 4 is 11.4 Å². The summed E-state index contributed by atoms with van der Waals surface area (Å²) in [6, 6.07) is 5.48. The van der Waals surface area contributed by atoms with Crippen molar-refractivity contribution < 1.29 is 10.0 Å². The van der Waals surface area contributed by atoms with Crippen LogP contribution in [0.4, 0.5) is 11.4 Å². The van der Waals surface area contributed by atoms with Gasteiger partial charge in [-0.1, -0.05) is 13.0 Å². The fraction of sp³-hybridized carbons (Fsp3) is 0.571. The Morgan fingerprint density at radius 1 is 1.53 bits per heavy atom. The number of benzene rings is 1. The van der Waals surface area contributed by atoms with Gasteiger partial charge in [-0.25, -0.2) is 0 Å². The summed E-state index contributed by atoms with van der Waals surface area (Å²) in [6.45, 7) is 4.52. The van der Waals surface area contributed by atoms with E-state index in [2.05, 4.69) is 11.8 Å². The molecule has 0 bridgehead atoms. The van der Waals surface area contributed by atoms with Crippen LogP contribution in [0.3, 0.4) is 0 Å². The highest BCUT2D eigenvalue weighted by atomic mass is 16.6. The van der Waals surface area contributed by atoms with Gasteiger partial charge in [0, 0.05) is 18.7 Å². The molecule has 1 saturated carbocycles. The minimum Gasteiger partial charge on any atom is -0.389 e. The Labute approximate surface area is 113 Å². The number of aliphatic hydroxyl groups is 1. The molecular weight excluding hydrogens is 244 g/mol. The van der Waals surface area contributed by atoms with E-state index in [0.29, 0.717) is 17.3 Å². The average Bonchev–Trinajstić information content (AvgIpc) is 3.19. The SMILES string of the molecule is CCCN(c1ccc(C(C)O)cc1[N+](=O)[O-])C1CC1. The van der Waals surface area contributed by atoms with E-state index in [9.17, 15) is 15.2 Å². The van der Waals surface area contributed by atoms with Gasteiger partial charge in [-0.05, 0) is 37.8 Å². The van der Waals surface area contributed by atoms with E-state index in [-0.39, 0.29) is 10.6 Å². The molecule has 2 rings (SSSR count). The van der Waals surface area contributed by atoms with Crippen molar-refractivity contribution in [1.82, 2.24) is 0 Å². The van der Waals surface area contributed by atoms with Crippen molar-refractivity contribution in [3.8, 4) is 0 Å². The maximum Gasteiger partial charge on any atom is 0.292 e. The summed E-state index contributed by atoms with van der Waals surface area (Å²) in [6.07, 6.45) is 2.49. The van der Waals surface area contributed by atoms with Gasteiger partial charge in [-0.2, -0.15) is 0 Å². The summed E-state index contributed by atoms with van der Waals surface area (Å²) in [5.74, 6) is 0. The number of rotatable bonds is 6. The van der Waals surface area contributed by atoms with E-state index in [0.717, 1.165) is 25.8 Å². The molecule has 104 valence electrons. The first kappa shape index (κ1) is 13.8. The molecule has 1 aliphatic rings. The molecule has 0 saturated heterocycles. The molecule has 0 aromatic heterocycles. The molecule has 0 spiro atoms. The Morgan fingerprint density at radius 3 is 2.68 bits per heavy atom. The van der Waals surface area contributed by atoms with Gasteiger partial charge in [0.05, 0.1) is 11.0 Å². The zero-order valence-corrected chi connectivity index (χ0v) is 11.4. The van der Waals surface area contributed by atoms with Gasteiger partial charge in [0.15, 0.2) is 0 Å². The standard InChI is InChI=1S/C14H20N2O3/c1-3-8-15(12-5-6-12)13-7-4-11(10(2)17)9-14(13)16(18)19/h4,7,9-10,12,17H,3,5-6,8H2,1-2H3. The molecule has 0 radical (unpaired) electrons. The molecule has 1 unspecified atom stereocenters. The molecular formula is C14H20N2O3. The highest BCUT2D eigenvalue weighted by Gasteiger charge is 2.32. The minimum absolute atomic E-state index is 0.0961. The van der Waals surface area contributed by atoms with Crippen LogP contribution in [0.2, 0.25) is 0 Å². The molecule has 5 heteroatoms. The second-order valence-electron chi connectivity index (χ2n) is 5.11. The number of aliphatic hydroxyl groups excluding tert-OH is 1. The zero-order chi connectivity index (χ0) is 14.0. The molecule has 19 heavy (non-hydrogen) atoms. The fourth-order valence-corrected chi connectivity index (χ4v) is 2.32. The van der Waals surface area contributed by atoms with E-state index >= 15 is 0 Å². The van der Waals surface area contributed by atoms with E-state index in [1.165, 1.54) is 6.07 Å². The van der Waals surface area contributed by atoms with Crippen molar-refractivity contribution in [2.75, 3.05) is 11.4 Å². The highest BCUT2D eigenvalue weighted by Crippen LogP contribution is 2.38. The van der Waals surface area contributed by atoms with Gasteiger partial charge in [0.25, 0.3) is 5.69 Å². The zero-order valence-electron chi connectivity index (χ0n) is 11.4. The van der Waals surface area contributed by atoms with Crippen LogP contribution < -0.4 is 4.90 Å². The molecule has 1 aromatic rings. The molecule has 0 aliphatic heterocycles. The van der Waals surface area contributed by atoms with Crippen LogP contribution in [0, 0.1) is 10.1 Å². The molecule has 0 heterocycles. The van der Waals surface area contributed by atoms with Crippen molar-refractivity contribution in [3.63, 3.8) is 0 Å². The van der Waals surface area contributed by atoms with Crippen LogP contribution in [0.15, 0.2) is 18.2 Å². The molecule has 0 amide bonds. The van der Waals surface area contributed by atoms with E-state index in [1.807, 2.05) is 0 Å². The summed E-state index contributed by atoms with van der Waals surface area (Å²) in [5, 5.41) is 20.8. The normalized spacial score (nSPS) is 16.2. The highest BCUT2D eigenvalue weighted by molar-refractivity contribution is 5.65. The quantitative estimate of drug-likeness (QED) is 0.633. The third kappa shape index (κ3) is 3.04. The van der Waals surface area contributed by atoms with Crippen LogP contribution in [-0.2, 0) is 0 Å². The van der Waals surface area contributed by atoms with Crippen LogP contribution in [0.25, 0.3) is 0 Å². The maximum atomic E-state index is 11.2. The van der Waals surface area contributed by atoms with E-state index < -0.39 is 6.10 Å². The van der Waals surface area contributed by atoms with Gasteiger partial charge in [0.1, 0.15) is 5.69 Å².